The van der Waals surface area contributed by atoms with Gasteiger partial charge in [0.05, 0.1) is 18.5 Å². The van der Waals surface area contributed by atoms with Crippen molar-refractivity contribution >= 4 is 33.5 Å². The summed E-state index contributed by atoms with van der Waals surface area (Å²) in [5.41, 5.74) is 1.08. The van der Waals surface area contributed by atoms with Crippen LogP contribution >= 0.6 is 15.9 Å². The Balaban J connectivity index is 1.61. The molecule has 0 aliphatic carbocycles. The lowest BCUT2D eigenvalue weighted by molar-refractivity contribution is -0.904. The Morgan fingerprint density at radius 2 is 2.07 bits per heavy atom. The van der Waals surface area contributed by atoms with Crippen LogP contribution in [0.25, 0.3) is 11.5 Å². The molecule has 9 nitrogen and oxygen atoms in total. The van der Waals surface area contributed by atoms with Gasteiger partial charge in [0.25, 0.3) is 11.6 Å². The number of aromatic nitrogens is 5. The number of rotatable bonds is 4. The molecule has 0 saturated heterocycles. The Labute approximate surface area is 171 Å². The highest BCUT2D eigenvalue weighted by Crippen LogP contribution is 2.21. The summed E-state index contributed by atoms with van der Waals surface area (Å²) >= 11 is 3.34. The van der Waals surface area contributed by atoms with Gasteiger partial charge in [-0.3, -0.25) is 10.5 Å². The number of fused-ring (bicyclic) bond motifs is 1. The maximum absolute atomic E-state index is 14.2. The van der Waals surface area contributed by atoms with E-state index in [4.69, 9.17) is 4.74 Å². The molecule has 4 heterocycles. The minimum Gasteiger partial charge on any atom is -0.444 e. The van der Waals surface area contributed by atoms with Crippen molar-refractivity contribution in [1.82, 2.24) is 14.6 Å². The second kappa shape index (κ2) is 7.80. The molecule has 0 fully saturated rings. The minimum atomic E-state index is -0.727. The van der Waals surface area contributed by atoms with Gasteiger partial charge in [0, 0.05) is 28.5 Å². The molecule has 11 heteroatoms. The van der Waals surface area contributed by atoms with Crippen LogP contribution in [0.15, 0.2) is 65.7 Å². The first-order chi connectivity index (χ1) is 14.0. The highest BCUT2D eigenvalue weighted by atomic mass is 79.9. The van der Waals surface area contributed by atoms with Crippen LogP contribution in [-0.2, 0) is 11.3 Å². The van der Waals surface area contributed by atoms with Crippen molar-refractivity contribution in [3.05, 3.63) is 77.2 Å². The summed E-state index contributed by atoms with van der Waals surface area (Å²) in [6.07, 6.45) is 5.14. The fraction of sp³-hybridized carbons (Fsp3) is 0.0556. The lowest BCUT2D eigenvalue weighted by atomic mass is 10.3. The minimum absolute atomic E-state index is 0.00137. The maximum Gasteiger partial charge on any atom is 0.413 e. The molecular weight excluding hydrogens is 447 g/mol. The molecule has 4 aromatic rings. The van der Waals surface area contributed by atoms with Gasteiger partial charge >= 0.3 is 11.9 Å². The van der Waals surface area contributed by atoms with E-state index >= 15 is 0 Å². The molecule has 2 N–H and O–H groups in total. The number of carbonyl (C=O) groups excluding carboxylic acids is 1. The van der Waals surface area contributed by atoms with Crippen LogP contribution in [0.2, 0.25) is 0 Å². The summed E-state index contributed by atoms with van der Waals surface area (Å²) in [7, 11) is 0. The monoisotopic (exact) mass is 460 g/mol. The third-order valence-electron chi connectivity index (χ3n) is 3.95. The second-order valence-corrected chi connectivity index (χ2v) is 6.76. The fourth-order valence-corrected chi connectivity index (χ4v) is 2.93. The number of ether oxygens (including phenoxy) is 1. The number of halogens is 2. The molecule has 0 atom stereocenters. The quantitative estimate of drug-likeness (QED) is 0.276. The number of amides is 1. The van der Waals surface area contributed by atoms with Crippen LogP contribution in [-0.4, -0.2) is 25.9 Å². The van der Waals surface area contributed by atoms with Gasteiger partial charge in [0.1, 0.15) is 16.9 Å². The van der Waals surface area contributed by atoms with E-state index in [0.717, 1.165) is 4.73 Å². The normalized spacial score (nSPS) is 10.8. The van der Waals surface area contributed by atoms with Crippen LogP contribution in [0.1, 0.15) is 5.56 Å². The van der Waals surface area contributed by atoms with Gasteiger partial charge in [-0.2, -0.15) is 18.6 Å². The molecular formula is C18H14BrFN6O3+2. The number of nitrogens with one attached hydrogen (secondary N) is 1. The Morgan fingerprint density at radius 3 is 2.83 bits per heavy atom. The van der Waals surface area contributed by atoms with Gasteiger partial charge < -0.3 is 4.74 Å². The van der Waals surface area contributed by atoms with Crippen molar-refractivity contribution in [2.24, 2.45) is 0 Å². The predicted octanol–water partition coefficient (Wildman–Crippen LogP) is 2.18. The molecule has 0 spiro atoms. The molecule has 0 aliphatic heterocycles. The predicted molar refractivity (Wildman–Crippen MR) is 99.8 cm³/mol. The Kier molecular flexibility index (Phi) is 5.04. The van der Waals surface area contributed by atoms with E-state index in [9.17, 15) is 14.4 Å². The number of carbonyl (C=O) groups is 1. The summed E-state index contributed by atoms with van der Waals surface area (Å²) in [6.45, 7) is -0.00137. The molecule has 0 aliphatic rings. The summed E-state index contributed by atoms with van der Waals surface area (Å²) in [6, 6.07) is 9.22. The van der Waals surface area contributed by atoms with Crippen LogP contribution < -0.4 is 14.6 Å². The molecule has 0 unspecified atom stereocenters. The largest absolute Gasteiger partial charge is 0.444 e. The number of pyridine rings is 2. The van der Waals surface area contributed by atoms with Crippen LogP contribution in [0, 0.1) is 5.95 Å². The number of hydrogen-bond donors (Lipinski definition) is 2. The van der Waals surface area contributed by atoms with E-state index < -0.39 is 12.0 Å². The van der Waals surface area contributed by atoms with Gasteiger partial charge in [-0.15, -0.1) is 0 Å². The average molecular weight is 461 g/mol. The van der Waals surface area contributed by atoms with Crippen molar-refractivity contribution in [3.8, 4) is 5.82 Å². The molecule has 0 saturated carbocycles. The zero-order valence-corrected chi connectivity index (χ0v) is 16.3. The highest BCUT2D eigenvalue weighted by molar-refractivity contribution is 9.10. The van der Waals surface area contributed by atoms with Gasteiger partial charge in [-0.25, -0.2) is 4.79 Å². The van der Waals surface area contributed by atoms with Gasteiger partial charge in [0.15, 0.2) is 0 Å². The van der Waals surface area contributed by atoms with Gasteiger partial charge in [0.2, 0.25) is 12.4 Å². The third-order valence-corrected chi connectivity index (χ3v) is 4.51. The smallest absolute Gasteiger partial charge is 0.413 e. The zero-order chi connectivity index (χ0) is 20.4. The first kappa shape index (κ1) is 18.7. The molecule has 4 rings (SSSR count). The van der Waals surface area contributed by atoms with Gasteiger partial charge in [-0.1, -0.05) is 6.07 Å². The van der Waals surface area contributed by atoms with E-state index in [2.05, 4.69) is 31.3 Å². The summed E-state index contributed by atoms with van der Waals surface area (Å²) in [5, 5.41) is 16.0. The Morgan fingerprint density at radius 1 is 1.28 bits per heavy atom. The van der Waals surface area contributed by atoms with E-state index in [1.807, 2.05) is 0 Å². The van der Waals surface area contributed by atoms with Gasteiger partial charge in [-0.05, 0) is 27.0 Å². The fourth-order valence-electron chi connectivity index (χ4n) is 2.58. The lowest BCUT2D eigenvalue weighted by Crippen LogP contribution is -2.36. The average Bonchev–Trinajstić information content (AvgIpc) is 3.09. The molecule has 0 bridgehead atoms. The number of anilines is 1. The summed E-state index contributed by atoms with van der Waals surface area (Å²) in [5.74, 6) is -0.0147. The third kappa shape index (κ3) is 3.99. The van der Waals surface area contributed by atoms with Crippen molar-refractivity contribution in [1.29, 1.82) is 0 Å². The highest BCUT2D eigenvalue weighted by Gasteiger charge is 2.21. The Hall–Kier alpha value is -3.60. The molecule has 0 radical (unpaired) electrons. The Bertz CT molecular complexity index is 1200. The molecule has 0 aromatic carbocycles. The first-order valence-corrected chi connectivity index (χ1v) is 9.14. The van der Waals surface area contributed by atoms with E-state index in [-0.39, 0.29) is 18.2 Å². The summed E-state index contributed by atoms with van der Waals surface area (Å²) in [4.78, 5) is 16.7. The second-order valence-electron chi connectivity index (χ2n) is 5.91. The zero-order valence-electron chi connectivity index (χ0n) is 14.7. The molecule has 1 amide bonds. The van der Waals surface area contributed by atoms with E-state index in [0.29, 0.717) is 15.7 Å². The molecule has 146 valence electrons. The lowest BCUT2D eigenvalue weighted by Gasteiger charge is -2.08. The first-order valence-electron chi connectivity index (χ1n) is 8.35. The standard InChI is InChI=1S/C18H13BrFN6O3/c19-13-10-21-26-16(23-18(27)29-11-12-4-7-24(28)8-5-12)9-15(22-17(13)26)25-6-2-1-3-14(25)20/h1-10H,11H2,(H-,21,22,23,27,28)/q+1/p+1. The van der Waals surface area contributed by atoms with Crippen LogP contribution in [0.3, 0.4) is 0 Å². The van der Waals surface area contributed by atoms with Crippen molar-refractivity contribution in [3.63, 3.8) is 0 Å². The molecule has 4 aromatic heterocycles. The maximum atomic E-state index is 14.2. The number of hydrogen-bond acceptors (Lipinski definition) is 5. The number of nitrogens with zero attached hydrogens (tertiary/aromatic N) is 5. The molecule has 29 heavy (non-hydrogen) atoms. The van der Waals surface area contributed by atoms with Crippen molar-refractivity contribution in [2.45, 2.75) is 6.61 Å². The van der Waals surface area contributed by atoms with Crippen molar-refractivity contribution in [2.75, 3.05) is 5.32 Å². The van der Waals surface area contributed by atoms with Crippen LogP contribution in [0.4, 0.5) is 15.0 Å². The SMILES string of the molecule is O=C(Nc1cc(-[n+]2ccccc2F)nc2c(Br)cnn12)OCc1cc[n+](O)cc1. The van der Waals surface area contributed by atoms with E-state index in [1.54, 1.807) is 24.3 Å². The van der Waals surface area contributed by atoms with E-state index in [1.165, 1.54) is 46.0 Å². The summed E-state index contributed by atoms with van der Waals surface area (Å²) < 4.78 is 23.5. The van der Waals surface area contributed by atoms with Crippen molar-refractivity contribution < 1.29 is 28.4 Å². The van der Waals surface area contributed by atoms with Crippen LogP contribution in [0.5, 0.6) is 0 Å². The topological polar surface area (TPSA) is 96.5 Å².